The summed E-state index contributed by atoms with van der Waals surface area (Å²) in [6.07, 6.45) is 4.01. The van der Waals surface area contributed by atoms with Crippen molar-refractivity contribution in [1.29, 1.82) is 0 Å². The Morgan fingerprint density at radius 2 is 1.53 bits per heavy atom. The number of aryl methyl sites for hydroxylation is 2. The summed E-state index contributed by atoms with van der Waals surface area (Å²) in [6.45, 7) is 0. The van der Waals surface area contributed by atoms with Crippen LogP contribution in [0.5, 0.6) is 0 Å². The van der Waals surface area contributed by atoms with Gasteiger partial charge in [-0.15, -0.1) is 0 Å². The van der Waals surface area contributed by atoms with Gasteiger partial charge < -0.3 is 4.42 Å². The fourth-order valence-electron chi connectivity index (χ4n) is 4.08. The topological polar surface area (TPSA) is 59.3 Å². The van der Waals surface area contributed by atoms with Gasteiger partial charge in [0.25, 0.3) is 10.0 Å². The summed E-state index contributed by atoms with van der Waals surface area (Å²) in [5, 5.41) is 2.87. The molecule has 3 aromatic carbocycles. The minimum Gasteiger partial charge on any atom is -0.460 e. The number of halogens is 3. The van der Waals surface area contributed by atoms with E-state index in [1.54, 1.807) is 0 Å². The van der Waals surface area contributed by atoms with E-state index in [1.807, 2.05) is 30.3 Å². The molecule has 0 aliphatic heterocycles. The van der Waals surface area contributed by atoms with Crippen LogP contribution in [0.4, 0.5) is 5.69 Å². The van der Waals surface area contributed by atoms with Gasteiger partial charge in [0, 0.05) is 28.1 Å². The highest BCUT2D eigenvalue weighted by Crippen LogP contribution is 2.40. The fraction of sp³-hybridized carbons (Fsp3) is 0.182. The zero-order chi connectivity index (χ0) is 21.0. The van der Waals surface area contributed by atoms with Gasteiger partial charge in [0.05, 0.1) is 20.8 Å². The molecule has 4 nitrogen and oxygen atoms in total. The second kappa shape index (κ2) is 7.34. The lowest BCUT2D eigenvalue weighted by atomic mass is 9.94. The number of rotatable bonds is 3. The molecule has 1 aromatic heterocycles. The summed E-state index contributed by atoms with van der Waals surface area (Å²) < 4.78 is 35.2. The van der Waals surface area contributed by atoms with Crippen LogP contribution in [0.2, 0.25) is 15.1 Å². The Labute approximate surface area is 188 Å². The van der Waals surface area contributed by atoms with E-state index >= 15 is 0 Å². The van der Waals surface area contributed by atoms with Crippen LogP contribution in [0.25, 0.3) is 21.7 Å². The molecule has 0 unspecified atom stereocenters. The molecule has 1 heterocycles. The molecule has 0 saturated carbocycles. The van der Waals surface area contributed by atoms with Gasteiger partial charge >= 0.3 is 0 Å². The third-order valence-corrected chi connectivity index (χ3v) is 8.02. The predicted molar refractivity (Wildman–Crippen MR) is 123 cm³/mol. The van der Waals surface area contributed by atoms with Crippen molar-refractivity contribution < 1.29 is 12.8 Å². The second-order valence-electron chi connectivity index (χ2n) is 7.36. The van der Waals surface area contributed by atoms with Crippen molar-refractivity contribution in [2.24, 2.45) is 0 Å². The summed E-state index contributed by atoms with van der Waals surface area (Å²) in [7, 11) is -4.00. The number of hydrogen-bond donors (Lipinski definition) is 1. The lowest BCUT2D eigenvalue weighted by Crippen LogP contribution is -2.14. The van der Waals surface area contributed by atoms with Gasteiger partial charge in [-0.3, -0.25) is 4.72 Å². The Morgan fingerprint density at radius 1 is 0.833 bits per heavy atom. The first-order valence-electron chi connectivity index (χ1n) is 9.48. The molecule has 5 rings (SSSR count). The average Bonchev–Trinajstić information content (AvgIpc) is 3.09. The maximum Gasteiger partial charge on any atom is 0.263 e. The molecule has 1 aliphatic carbocycles. The Bertz CT molecular complexity index is 1430. The van der Waals surface area contributed by atoms with Crippen LogP contribution < -0.4 is 4.72 Å². The maximum atomic E-state index is 13.2. The van der Waals surface area contributed by atoms with Crippen LogP contribution in [0, 0.1) is 0 Å². The molecule has 0 amide bonds. The largest absolute Gasteiger partial charge is 0.460 e. The third-order valence-electron chi connectivity index (χ3n) is 5.47. The summed E-state index contributed by atoms with van der Waals surface area (Å²) in [5.41, 5.74) is 2.43. The van der Waals surface area contributed by atoms with Gasteiger partial charge in [-0.25, -0.2) is 8.42 Å². The van der Waals surface area contributed by atoms with Gasteiger partial charge in [-0.2, -0.15) is 0 Å². The van der Waals surface area contributed by atoms with Gasteiger partial charge in [0.2, 0.25) is 0 Å². The minimum absolute atomic E-state index is 0.00275. The van der Waals surface area contributed by atoms with E-state index in [9.17, 15) is 8.42 Å². The summed E-state index contributed by atoms with van der Waals surface area (Å²) in [4.78, 5) is -0.128. The first-order valence-corrected chi connectivity index (χ1v) is 12.1. The summed E-state index contributed by atoms with van der Waals surface area (Å²) in [6, 6.07) is 12.0. The molecule has 0 fully saturated rings. The Kier molecular flexibility index (Phi) is 4.90. The van der Waals surface area contributed by atoms with Gasteiger partial charge in [-0.1, -0.05) is 59.1 Å². The van der Waals surface area contributed by atoms with E-state index < -0.39 is 10.0 Å². The Morgan fingerprint density at radius 3 is 2.33 bits per heavy atom. The molecule has 30 heavy (non-hydrogen) atoms. The quantitative estimate of drug-likeness (QED) is 0.315. The number of furan rings is 1. The number of fused-ring (bicyclic) bond motifs is 5. The van der Waals surface area contributed by atoms with Crippen LogP contribution >= 0.6 is 34.8 Å². The zero-order valence-electron chi connectivity index (χ0n) is 15.6. The van der Waals surface area contributed by atoms with Crippen LogP contribution in [-0.2, 0) is 22.9 Å². The van der Waals surface area contributed by atoms with E-state index in [0.29, 0.717) is 5.69 Å². The molecule has 154 valence electrons. The van der Waals surface area contributed by atoms with Crippen LogP contribution in [0.15, 0.2) is 51.8 Å². The molecule has 0 saturated heterocycles. The van der Waals surface area contributed by atoms with E-state index in [-0.39, 0.29) is 20.0 Å². The highest BCUT2D eigenvalue weighted by atomic mass is 35.5. The number of benzene rings is 3. The van der Waals surface area contributed by atoms with Crippen molar-refractivity contribution >= 4 is 72.3 Å². The van der Waals surface area contributed by atoms with E-state index in [2.05, 4.69) is 4.72 Å². The van der Waals surface area contributed by atoms with Gasteiger partial charge in [0.15, 0.2) is 0 Å². The van der Waals surface area contributed by atoms with Crippen molar-refractivity contribution in [3.63, 3.8) is 0 Å². The molecule has 0 bridgehead atoms. The molecule has 0 radical (unpaired) electrons. The average molecular weight is 481 g/mol. The van der Waals surface area contributed by atoms with Crippen LogP contribution in [-0.4, -0.2) is 8.42 Å². The smallest absolute Gasteiger partial charge is 0.263 e. The first-order chi connectivity index (χ1) is 14.3. The molecule has 1 N–H and O–H groups in total. The van der Waals surface area contributed by atoms with E-state index in [0.717, 1.165) is 58.7 Å². The van der Waals surface area contributed by atoms with Gasteiger partial charge in [-0.05, 0) is 37.5 Å². The highest BCUT2D eigenvalue weighted by Gasteiger charge is 2.24. The van der Waals surface area contributed by atoms with Crippen LogP contribution in [0.1, 0.15) is 24.2 Å². The Hall–Kier alpha value is -1.92. The number of anilines is 1. The summed E-state index contributed by atoms with van der Waals surface area (Å²) >= 11 is 18.2. The van der Waals surface area contributed by atoms with Gasteiger partial charge in [0.1, 0.15) is 16.2 Å². The van der Waals surface area contributed by atoms with Crippen molar-refractivity contribution in [2.75, 3.05) is 4.72 Å². The standard InChI is InChI=1S/C22H16Cl3NO3S/c23-16-10-18(25)21(11-17(16)24)30(27,28)26-19-9-15-13-6-3-4-8-20(13)29-22(15)14-7-2-1-5-12(14)19/h1-2,5,7,9-11,26H,3-4,6,8H2. The number of sulfonamides is 1. The summed E-state index contributed by atoms with van der Waals surface area (Å²) in [5.74, 6) is 0.994. The van der Waals surface area contributed by atoms with Crippen LogP contribution in [0.3, 0.4) is 0 Å². The maximum absolute atomic E-state index is 13.2. The normalized spacial score (nSPS) is 14.2. The van der Waals surface area contributed by atoms with Crippen molar-refractivity contribution in [3.8, 4) is 0 Å². The SMILES string of the molecule is O=S(=O)(Nc1cc2c3c(oc2c2ccccc12)CCCC3)c1cc(Cl)c(Cl)cc1Cl. The monoisotopic (exact) mass is 479 g/mol. The minimum atomic E-state index is -4.00. The first kappa shape index (κ1) is 20.0. The molecule has 1 aliphatic rings. The molecule has 0 atom stereocenters. The molecule has 0 spiro atoms. The Balaban J connectivity index is 1.71. The predicted octanol–water partition coefficient (Wildman–Crippen LogP) is 7.23. The molecule has 8 heteroatoms. The molecular formula is C22H16Cl3NO3S. The number of nitrogens with one attached hydrogen (secondary N) is 1. The zero-order valence-corrected chi connectivity index (χ0v) is 18.7. The second-order valence-corrected chi connectivity index (χ2v) is 10.2. The third kappa shape index (κ3) is 3.25. The fourth-order valence-corrected chi connectivity index (χ4v) is 6.15. The van der Waals surface area contributed by atoms with Crippen molar-refractivity contribution in [1.82, 2.24) is 0 Å². The van der Waals surface area contributed by atoms with Crippen molar-refractivity contribution in [2.45, 2.75) is 30.6 Å². The molecule has 4 aromatic rings. The molecular weight excluding hydrogens is 465 g/mol. The number of hydrogen-bond acceptors (Lipinski definition) is 3. The van der Waals surface area contributed by atoms with E-state index in [1.165, 1.54) is 12.1 Å². The lowest BCUT2D eigenvalue weighted by Gasteiger charge is -2.14. The van der Waals surface area contributed by atoms with E-state index in [4.69, 9.17) is 39.2 Å². The lowest BCUT2D eigenvalue weighted by molar-refractivity contribution is 0.507. The van der Waals surface area contributed by atoms with Crippen molar-refractivity contribution in [3.05, 3.63) is 68.9 Å². The highest BCUT2D eigenvalue weighted by molar-refractivity contribution is 7.92.